The van der Waals surface area contributed by atoms with E-state index in [0.717, 1.165) is 36.9 Å². The lowest BCUT2D eigenvalue weighted by atomic mass is 10.0. The van der Waals surface area contributed by atoms with Crippen LogP contribution in [0.15, 0.2) is 10.7 Å². The topological polar surface area (TPSA) is 42.3 Å². The second-order valence-corrected chi connectivity index (χ2v) is 6.86. The van der Waals surface area contributed by atoms with E-state index in [-0.39, 0.29) is 12.1 Å². The van der Waals surface area contributed by atoms with Crippen LogP contribution in [-0.4, -0.2) is 54.1 Å². The van der Waals surface area contributed by atoms with Gasteiger partial charge in [-0.25, -0.2) is 0 Å². The van der Waals surface area contributed by atoms with Gasteiger partial charge in [-0.2, -0.15) is 5.10 Å². The summed E-state index contributed by atoms with van der Waals surface area (Å²) in [6.07, 6.45) is 4.72. The Morgan fingerprint density at radius 2 is 2.29 bits per heavy atom. The number of likely N-dealkylation sites (N-methyl/N-ethyl adjacent to an activating group) is 2. The Bertz CT molecular complexity index is 449. The van der Waals surface area contributed by atoms with Crippen LogP contribution in [0.4, 0.5) is 0 Å². The van der Waals surface area contributed by atoms with Gasteiger partial charge in [-0.1, -0.05) is 6.92 Å². The minimum absolute atomic E-state index is 0.194. The lowest BCUT2D eigenvalue weighted by molar-refractivity contribution is 0.0297. The molecule has 1 aromatic heterocycles. The van der Waals surface area contributed by atoms with Gasteiger partial charge in [0.25, 0.3) is 0 Å². The molecule has 0 amide bonds. The van der Waals surface area contributed by atoms with Crippen molar-refractivity contribution in [3.63, 3.8) is 0 Å². The molecule has 1 N–H and O–H groups in total. The van der Waals surface area contributed by atoms with Crippen LogP contribution in [0.5, 0.6) is 0 Å². The van der Waals surface area contributed by atoms with Crippen molar-refractivity contribution in [2.75, 3.05) is 27.2 Å². The number of hydrogen-bond acceptors (Lipinski definition) is 4. The molecule has 3 unspecified atom stereocenters. The van der Waals surface area contributed by atoms with Gasteiger partial charge in [0, 0.05) is 6.54 Å². The zero-order chi connectivity index (χ0) is 15.4. The highest BCUT2D eigenvalue weighted by molar-refractivity contribution is 9.10. The summed E-state index contributed by atoms with van der Waals surface area (Å²) in [7, 11) is 4.17. The summed E-state index contributed by atoms with van der Waals surface area (Å²) in [6, 6.07) is 0.194. The fourth-order valence-corrected chi connectivity index (χ4v) is 3.40. The first-order valence-corrected chi connectivity index (χ1v) is 8.57. The van der Waals surface area contributed by atoms with Gasteiger partial charge >= 0.3 is 0 Å². The molecule has 0 aliphatic carbocycles. The van der Waals surface area contributed by atoms with Crippen molar-refractivity contribution in [2.24, 2.45) is 0 Å². The lowest BCUT2D eigenvalue weighted by Crippen LogP contribution is -2.35. The molecular formula is C15H27BrN4O. The van der Waals surface area contributed by atoms with Crippen molar-refractivity contribution in [3.05, 3.63) is 16.4 Å². The summed E-state index contributed by atoms with van der Waals surface area (Å²) in [5, 5.41) is 8.12. The van der Waals surface area contributed by atoms with E-state index in [1.165, 1.54) is 5.69 Å². The van der Waals surface area contributed by atoms with Crippen LogP contribution in [0.2, 0.25) is 0 Å². The molecule has 1 aliphatic rings. The maximum Gasteiger partial charge on any atom is 0.0790 e. The molecule has 1 saturated heterocycles. The van der Waals surface area contributed by atoms with Crippen molar-refractivity contribution in [1.29, 1.82) is 0 Å². The largest absolute Gasteiger partial charge is 0.373 e. The number of halogens is 1. The van der Waals surface area contributed by atoms with Crippen molar-refractivity contribution < 1.29 is 4.74 Å². The molecule has 3 atom stereocenters. The highest BCUT2D eigenvalue weighted by atomic mass is 79.9. The molecule has 1 aliphatic heterocycles. The van der Waals surface area contributed by atoms with Gasteiger partial charge in [-0.15, -0.1) is 0 Å². The third-order valence-electron chi connectivity index (χ3n) is 3.95. The zero-order valence-electron chi connectivity index (χ0n) is 13.5. The van der Waals surface area contributed by atoms with Crippen LogP contribution in [0, 0.1) is 0 Å². The maximum atomic E-state index is 6.10. The molecule has 1 aromatic rings. The predicted molar refractivity (Wildman–Crippen MR) is 88.5 cm³/mol. The summed E-state index contributed by atoms with van der Waals surface area (Å²) in [6.45, 7) is 7.07. The minimum Gasteiger partial charge on any atom is -0.373 e. The molecule has 21 heavy (non-hydrogen) atoms. The standard InChI is InChI=1S/C15H27BrN4O/c1-5-17-14(13-7-6-11(2)21-13)15-12(16)10-18-20(15)9-8-19(3)4/h10-11,13-14,17H,5-9H2,1-4H3. The van der Waals surface area contributed by atoms with Gasteiger partial charge in [0.15, 0.2) is 0 Å². The van der Waals surface area contributed by atoms with E-state index in [0.29, 0.717) is 6.10 Å². The van der Waals surface area contributed by atoms with E-state index in [1.54, 1.807) is 0 Å². The SMILES string of the molecule is CCNC(c1c(Br)cnn1CCN(C)C)C1CCC(C)O1. The molecule has 0 bridgehead atoms. The van der Waals surface area contributed by atoms with Gasteiger partial charge in [-0.3, -0.25) is 4.68 Å². The van der Waals surface area contributed by atoms with E-state index >= 15 is 0 Å². The van der Waals surface area contributed by atoms with Crippen LogP contribution < -0.4 is 5.32 Å². The van der Waals surface area contributed by atoms with E-state index in [4.69, 9.17) is 4.74 Å². The van der Waals surface area contributed by atoms with Crippen molar-refractivity contribution in [2.45, 2.75) is 51.5 Å². The van der Waals surface area contributed by atoms with Crippen LogP contribution in [0.25, 0.3) is 0 Å². The van der Waals surface area contributed by atoms with Gasteiger partial charge in [0.1, 0.15) is 0 Å². The Morgan fingerprint density at radius 3 is 2.86 bits per heavy atom. The van der Waals surface area contributed by atoms with Gasteiger partial charge < -0.3 is 15.0 Å². The number of ether oxygens (including phenoxy) is 1. The molecule has 1 fully saturated rings. The number of nitrogens with one attached hydrogen (secondary N) is 1. The Morgan fingerprint density at radius 1 is 1.52 bits per heavy atom. The summed E-state index contributed by atoms with van der Waals surface area (Å²) < 4.78 is 9.27. The van der Waals surface area contributed by atoms with Crippen molar-refractivity contribution >= 4 is 15.9 Å². The quantitative estimate of drug-likeness (QED) is 0.812. The summed E-state index contributed by atoms with van der Waals surface area (Å²) in [4.78, 5) is 2.18. The molecule has 0 spiro atoms. The average molecular weight is 359 g/mol. The summed E-state index contributed by atoms with van der Waals surface area (Å²) >= 11 is 3.66. The van der Waals surface area contributed by atoms with Crippen molar-refractivity contribution in [3.8, 4) is 0 Å². The van der Waals surface area contributed by atoms with Crippen LogP contribution >= 0.6 is 15.9 Å². The second-order valence-electron chi connectivity index (χ2n) is 6.00. The first-order chi connectivity index (χ1) is 10.0. The molecular weight excluding hydrogens is 332 g/mol. The van der Waals surface area contributed by atoms with Crippen LogP contribution in [0.3, 0.4) is 0 Å². The van der Waals surface area contributed by atoms with Crippen LogP contribution in [0.1, 0.15) is 38.4 Å². The number of nitrogens with zero attached hydrogens (tertiary/aromatic N) is 3. The fraction of sp³-hybridized carbons (Fsp3) is 0.800. The van der Waals surface area contributed by atoms with Gasteiger partial charge in [0.05, 0.1) is 41.2 Å². The predicted octanol–water partition coefficient (Wildman–Crippen LogP) is 2.43. The molecule has 5 nitrogen and oxygen atoms in total. The first-order valence-electron chi connectivity index (χ1n) is 7.77. The van der Waals surface area contributed by atoms with Crippen LogP contribution in [-0.2, 0) is 11.3 Å². The smallest absolute Gasteiger partial charge is 0.0790 e. The molecule has 2 heterocycles. The van der Waals surface area contributed by atoms with Gasteiger partial charge in [-0.05, 0) is 56.3 Å². The third kappa shape index (κ3) is 4.28. The average Bonchev–Trinajstić information content (AvgIpc) is 3.00. The monoisotopic (exact) mass is 358 g/mol. The molecule has 0 aromatic carbocycles. The zero-order valence-corrected chi connectivity index (χ0v) is 15.1. The second kappa shape index (κ2) is 7.72. The molecule has 120 valence electrons. The number of aromatic nitrogens is 2. The summed E-state index contributed by atoms with van der Waals surface area (Å²) in [5.41, 5.74) is 1.21. The minimum atomic E-state index is 0.194. The number of rotatable bonds is 7. The highest BCUT2D eigenvalue weighted by Gasteiger charge is 2.33. The van der Waals surface area contributed by atoms with E-state index in [9.17, 15) is 0 Å². The summed E-state index contributed by atoms with van der Waals surface area (Å²) in [5.74, 6) is 0. The Hall–Kier alpha value is -0.430. The molecule has 6 heteroatoms. The fourth-order valence-electron chi connectivity index (χ4n) is 2.86. The lowest BCUT2D eigenvalue weighted by Gasteiger charge is -2.26. The maximum absolute atomic E-state index is 6.10. The molecule has 0 saturated carbocycles. The first kappa shape index (κ1) is 16.9. The third-order valence-corrected chi connectivity index (χ3v) is 4.56. The van der Waals surface area contributed by atoms with Gasteiger partial charge in [0.2, 0.25) is 0 Å². The van der Waals surface area contributed by atoms with Crippen molar-refractivity contribution in [1.82, 2.24) is 20.0 Å². The molecule has 2 rings (SSSR count). The van der Waals surface area contributed by atoms with E-state index in [2.05, 4.69) is 63.9 Å². The van der Waals surface area contributed by atoms with E-state index < -0.39 is 0 Å². The molecule has 0 radical (unpaired) electrons. The van der Waals surface area contributed by atoms with E-state index in [1.807, 2.05) is 6.20 Å². The Labute approximate surface area is 136 Å². The normalized spacial score (nSPS) is 23.9. The highest BCUT2D eigenvalue weighted by Crippen LogP contribution is 2.33. The Balaban J connectivity index is 2.20. The number of hydrogen-bond donors (Lipinski definition) is 1. The Kier molecular flexibility index (Phi) is 6.22.